The zero-order valence-corrected chi connectivity index (χ0v) is 19.8. The highest BCUT2D eigenvalue weighted by molar-refractivity contribution is 7.16. The first-order valence-electron chi connectivity index (χ1n) is 11.2. The number of pyridine rings is 2. The maximum absolute atomic E-state index is 12.7. The first kappa shape index (κ1) is 24.0. The SMILES string of the molecule is CC(CC(=O)Nc1sc2c(c1C#N)CCN(C(O)OCCc1ccncc1)C2)c1cccnc1. The van der Waals surface area contributed by atoms with Crippen LogP contribution in [0.4, 0.5) is 5.00 Å². The molecule has 176 valence electrons. The van der Waals surface area contributed by atoms with E-state index in [0.29, 0.717) is 49.5 Å². The number of carbonyl (C=O) groups is 1. The van der Waals surface area contributed by atoms with Crippen molar-refractivity contribution in [3.05, 3.63) is 76.2 Å². The number of aliphatic hydroxyl groups excluding tert-OH is 1. The molecule has 0 aromatic carbocycles. The van der Waals surface area contributed by atoms with E-state index in [4.69, 9.17) is 4.74 Å². The number of nitrogens with one attached hydrogen (secondary N) is 1. The molecule has 34 heavy (non-hydrogen) atoms. The van der Waals surface area contributed by atoms with Crippen LogP contribution in [0.5, 0.6) is 0 Å². The number of aromatic nitrogens is 2. The molecule has 0 saturated carbocycles. The van der Waals surface area contributed by atoms with Crippen molar-refractivity contribution >= 4 is 22.2 Å². The molecule has 3 aromatic rings. The fraction of sp³-hybridized carbons (Fsp3) is 0.360. The minimum atomic E-state index is -1.03. The van der Waals surface area contributed by atoms with Gasteiger partial charge in [0, 0.05) is 49.2 Å². The van der Waals surface area contributed by atoms with E-state index < -0.39 is 6.41 Å². The second-order valence-electron chi connectivity index (χ2n) is 8.28. The van der Waals surface area contributed by atoms with Crippen molar-refractivity contribution in [1.29, 1.82) is 5.26 Å². The van der Waals surface area contributed by atoms with Gasteiger partial charge < -0.3 is 15.2 Å². The lowest BCUT2D eigenvalue weighted by Crippen LogP contribution is -2.40. The minimum absolute atomic E-state index is 0.0174. The average Bonchev–Trinajstić information content (AvgIpc) is 3.20. The molecule has 0 radical (unpaired) electrons. The summed E-state index contributed by atoms with van der Waals surface area (Å²) >= 11 is 1.40. The fourth-order valence-electron chi connectivity index (χ4n) is 4.00. The maximum Gasteiger partial charge on any atom is 0.225 e. The van der Waals surface area contributed by atoms with Gasteiger partial charge in [0.25, 0.3) is 0 Å². The Kier molecular flexibility index (Phi) is 7.98. The van der Waals surface area contributed by atoms with Crippen LogP contribution in [0.25, 0.3) is 0 Å². The third kappa shape index (κ3) is 5.85. The zero-order valence-electron chi connectivity index (χ0n) is 19.0. The second-order valence-corrected chi connectivity index (χ2v) is 9.39. The molecule has 0 fully saturated rings. The molecule has 9 heteroatoms. The van der Waals surface area contributed by atoms with Gasteiger partial charge in [-0.2, -0.15) is 5.26 Å². The van der Waals surface area contributed by atoms with Gasteiger partial charge in [0.2, 0.25) is 12.3 Å². The molecule has 0 spiro atoms. The Morgan fingerprint density at radius 3 is 2.88 bits per heavy atom. The number of hydrogen-bond donors (Lipinski definition) is 2. The molecule has 0 saturated heterocycles. The largest absolute Gasteiger partial charge is 0.356 e. The highest BCUT2D eigenvalue weighted by atomic mass is 32.1. The van der Waals surface area contributed by atoms with E-state index in [0.717, 1.165) is 21.6 Å². The molecule has 0 aliphatic carbocycles. The van der Waals surface area contributed by atoms with Gasteiger partial charge in [0.05, 0.1) is 12.2 Å². The topological polar surface area (TPSA) is 111 Å². The Morgan fingerprint density at radius 2 is 2.15 bits per heavy atom. The van der Waals surface area contributed by atoms with Crippen LogP contribution >= 0.6 is 11.3 Å². The molecule has 0 bridgehead atoms. The van der Waals surface area contributed by atoms with Crippen LogP contribution in [0, 0.1) is 11.3 Å². The highest BCUT2D eigenvalue weighted by Gasteiger charge is 2.28. The number of carbonyl (C=O) groups excluding carboxylic acids is 1. The summed E-state index contributed by atoms with van der Waals surface area (Å²) < 4.78 is 5.64. The van der Waals surface area contributed by atoms with Crippen LogP contribution in [0.2, 0.25) is 0 Å². The summed E-state index contributed by atoms with van der Waals surface area (Å²) in [6.45, 7) is 3.40. The monoisotopic (exact) mass is 477 g/mol. The highest BCUT2D eigenvalue weighted by Crippen LogP contribution is 2.37. The lowest BCUT2D eigenvalue weighted by molar-refractivity contribution is -0.197. The molecule has 2 N–H and O–H groups in total. The van der Waals surface area contributed by atoms with Crippen molar-refractivity contribution < 1.29 is 14.6 Å². The van der Waals surface area contributed by atoms with Gasteiger partial charge in [-0.25, -0.2) is 4.90 Å². The van der Waals surface area contributed by atoms with E-state index in [1.807, 2.05) is 36.1 Å². The third-order valence-electron chi connectivity index (χ3n) is 5.92. The summed E-state index contributed by atoms with van der Waals surface area (Å²) in [4.78, 5) is 23.6. The first-order valence-corrected chi connectivity index (χ1v) is 12.0. The van der Waals surface area contributed by atoms with E-state index >= 15 is 0 Å². The average molecular weight is 478 g/mol. The summed E-state index contributed by atoms with van der Waals surface area (Å²) in [7, 11) is 0. The predicted molar refractivity (Wildman–Crippen MR) is 129 cm³/mol. The van der Waals surface area contributed by atoms with E-state index in [2.05, 4.69) is 21.4 Å². The van der Waals surface area contributed by atoms with E-state index in [1.165, 1.54) is 11.3 Å². The van der Waals surface area contributed by atoms with Crippen molar-refractivity contribution in [1.82, 2.24) is 14.9 Å². The van der Waals surface area contributed by atoms with Gasteiger partial charge in [-0.1, -0.05) is 13.0 Å². The minimum Gasteiger partial charge on any atom is -0.356 e. The second kappa shape index (κ2) is 11.3. The van der Waals surface area contributed by atoms with Crippen molar-refractivity contribution in [2.45, 2.75) is 45.1 Å². The molecule has 8 nitrogen and oxygen atoms in total. The first-order chi connectivity index (χ1) is 16.5. The molecular weight excluding hydrogens is 450 g/mol. The number of nitriles is 1. The standard InChI is InChI=1S/C25H27N5O3S/c1-17(19-3-2-8-28-15-19)13-23(31)29-24-21(14-26)20-6-11-30(16-22(20)34-24)25(32)33-12-7-18-4-9-27-10-5-18/h2-5,8-10,15,17,25,32H,6-7,11-13,16H2,1H3,(H,29,31). The summed E-state index contributed by atoms with van der Waals surface area (Å²) in [6, 6.07) is 9.91. The van der Waals surface area contributed by atoms with Crippen molar-refractivity contribution in [2.75, 3.05) is 18.5 Å². The molecule has 4 heterocycles. The summed E-state index contributed by atoms with van der Waals surface area (Å²) in [5, 5.41) is 23.8. The number of aliphatic hydroxyl groups is 1. The van der Waals surface area contributed by atoms with E-state index in [9.17, 15) is 15.2 Å². The van der Waals surface area contributed by atoms with Crippen molar-refractivity contribution in [2.24, 2.45) is 0 Å². The number of rotatable bonds is 9. The lowest BCUT2D eigenvalue weighted by Gasteiger charge is -2.30. The number of hydrogen-bond acceptors (Lipinski definition) is 8. The number of amides is 1. The maximum atomic E-state index is 12.7. The van der Waals surface area contributed by atoms with Gasteiger partial charge >= 0.3 is 0 Å². The Morgan fingerprint density at radius 1 is 1.32 bits per heavy atom. The number of ether oxygens (including phenoxy) is 1. The fourth-order valence-corrected chi connectivity index (χ4v) is 5.24. The van der Waals surface area contributed by atoms with E-state index in [-0.39, 0.29) is 11.8 Å². The summed E-state index contributed by atoms with van der Waals surface area (Å²) in [6.07, 6.45) is 7.51. The van der Waals surface area contributed by atoms with Crippen LogP contribution in [-0.2, 0) is 28.9 Å². The van der Waals surface area contributed by atoms with Gasteiger partial charge in [-0.05, 0) is 53.6 Å². The molecule has 3 aromatic heterocycles. The Hall–Kier alpha value is -3.16. The lowest BCUT2D eigenvalue weighted by atomic mass is 9.99. The van der Waals surface area contributed by atoms with Gasteiger partial charge in [0.1, 0.15) is 11.1 Å². The summed E-state index contributed by atoms with van der Waals surface area (Å²) in [5.74, 6) is -0.119. The molecule has 2 unspecified atom stereocenters. The van der Waals surface area contributed by atoms with Crippen LogP contribution in [-0.4, -0.2) is 45.4 Å². The normalized spacial score (nSPS) is 15.2. The smallest absolute Gasteiger partial charge is 0.225 e. The number of thiophene rings is 1. The molecular formula is C25H27N5O3S. The molecule has 1 aliphatic rings. The summed E-state index contributed by atoms with van der Waals surface area (Å²) in [5.41, 5.74) is 3.56. The Bertz CT molecular complexity index is 1150. The quantitative estimate of drug-likeness (QED) is 0.454. The van der Waals surface area contributed by atoms with Crippen molar-refractivity contribution in [3.63, 3.8) is 0 Å². The number of fused-ring (bicyclic) bond motifs is 1. The number of nitrogens with zero attached hydrogens (tertiary/aromatic N) is 4. The Labute approximate surface area is 202 Å². The van der Waals surface area contributed by atoms with Crippen molar-refractivity contribution in [3.8, 4) is 6.07 Å². The molecule has 1 aliphatic heterocycles. The molecule has 1 amide bonds. The Balaban J connectivity index is 1.35. The third-order valence-corrected chi connectivity index (χ3v) is 7.05. The number of anilines is 1. The molecule has 4 rings (SSSR count). The van der Waals surface area contributed by atoms with Crippen LogP contribution in [0.3, 0.4) is 0 Å². The predicted octanol–water partition coefficient (Wildman–Crippen LogP) is 3.44. The van der Waals surface area contributed by atoms with Gasteiger partial charge in [-0.3, -0.25) is 14.8 Å². The van der Waals surface area contributed by atoms with Crippen LogP contribution < -0.4 is 5.32 Å². The van der Waals surface area contributed by atoms with Crippen LogP contribution in [0.15, 0.2) is 49.1 Å². The zero-order chi connectivity index (χ0) is 23.9. The van der Waals surface area contributed by atoms with Gasteiger partial charge in [0.15, 0.2) is 0 Å². The van der Waals surface area contributed by atoms with Crippen LogP contribution in [0.1, 0.15) is 46.4 Å². The molecule has 2 atom stereocenters. The van der Waals surface area contributed by atoms with Gasteiger partial charge in [-0.15, -0.1) is 11.3 Å². The van der Waals surface area contributed by atoms with E-state index in [1.54, 1.807) is 24.8 Å².